The van der Waals surface area contributed by atoms with Crippen molar-refractivity contribution in [2.24, 2.45) is 10.8 Å². The fourth-order valence-electron chi connectivity index (χ4n) is 2.03. The molecule has 2 aromatic rings. The summed E-state index contributed by atoms with van der Waals surface area (Å²) in [5.74, 6) is 1.11. The van der Waals surface area contributed by atoms with Crippen LogP contribution in [0.15, 0.2) is 24.3 Å². The second-order valence-corrected chi connectivity index (χ2v) is 6.87. The maximum absolute atomic E-state index is 4.64. The third-order valence-electron chi connectivity index (χ3n) is 4.43. The molecule has 0 saturated heterocycles. The first-order chi connectivity index (χ1) is 9.22. The monoisotopic (exact) mass is 274 g/mol. The van der Waals surface area contributed by atoms with E-state index in [1.807, 2.05) is 19.9 Å². The molecule has 0 radical (unpaired) electrons. The fourth-order valence-corrected chi connectivity index (χ4v) is 2.03. The van der Waals surface area contributed by atoms with Gasteiger partial charge in [-0.05, 0) is 29.9 Å². The molecular weight excluding hydrogens is 244 g/mol. The van der Waals surface area contributed by atoms with Gasteiger partial charge in [0.1, 0.15) is 5.82 Å². The Morgan fingerprint density at radius 1 is 1.00 bits per heavy atom. The van der Waals surface area contributed by atoms with Gasteiger partial charge in [-0.1, -0.05) is 60.6 Å². The van der Waals surface area contributed by atoms with Crippen LogP contribution in [0.1, 0.15) is 54.3 Å². The minimum atomic E-state index is 0.223. The van der Waals surface area contributed by atoms with E-state index < -0.39 is 0 Å². The zero-order valence-electron chi connectivity index (χ0n) is 14.4. The van der Waals surface area contributed by atoms with E-state index in [2.05, 4.69) is 69.3 Å². The SMILES string of the molecule is CC.Cc1nc2ccccc2n1CC(C)(C)C(C)(C)C. The van der Waals surface area contributed by atoms with Crippen molar-refractivity contribution in [3.05, 3.63) is 30.1 Å². The molecule has 0 N–H and O–H groups in total. The van der Waals surface area contributed by atoms with E-state index in [1.165, 1.54) is 5.52 Å². The summed E-state index contributed by atoms with van der Waals surface area (Å²) >= 11 is 0. The molecule has 0 atom stereocenters. The molecule has 2 heteroatoms. The lowest BCUT2D eigenvalue weighted by Gasteiger charge is -2.39. The average molecular weight is 274 g/mol. The molecule has 0 aliphatic heterocycles. The van der Waals surface area contributed by atoms with Gasteiger partial charge in [0.05, 0.1) is 11.0 Å². The number of hydrogen-bond donors (Lipinski definition) is 0. The fraction of sp³-hybridized carbons (Fsp3) is 0.611. The zero-order valence-corrected chi connectivity index (χ0v) is 14.4. The normalized spacial score (nSPS) is 12.2. The maximum Gasteiger partial charge on any atom is 0.106 e. The smallest absolute Gasteiger partial charge is 0.106 e. The molecule has 0 fully saturated rings. The zero-order chi connectivity index (χ0) is 15.6. The van der Waals surface area contributed by atoms with Crippen LogP contribution < -0.4 is 0 Å². The van der Waals surface area contributed by atoms with Crippen molar-refractivity contribution in [3.8, 4) is 0 Å². The molecule has 2 nitrogen and oxygen atoms in total. The van der Waals surface area contributed by atoms with Crippen LogP contribution >= 0.6 is 0 Å². The highest BCUT2D eigenvalue weighted by Crippen LogP contribution is 2.40. The Kier molecular flexibility index (Phi) is 5.01. The Balaban J connectivity index is 0.000000956. The van der Waals surface area contributed by atoms with Crippen LogP contribution in [-0.4, -0.2) is 9.55 Å². The Hall–Kier alpha value is -1.31. The van der Waals surface area contributed by atoms with Gasteiger partial charge in [-0.25, -0.2) is 4.98 Å². The van der Waals surface area contributed by atoms with E-state index in [1.54, 1.807) is 0 Å². The number of aryl methyl sites for hydroxylation is 1. The van der Waals surface area contributed by atoms with Crippen LogP contribution in [-0.2, 0) is 6.54 Å². The van der Waals surface area contributed by atoms with Crippen LogP contribution in [0, 0.1) is 17.8 Å². The van der Waals surface area contributed by atoms with Crippen molar-refractivity contribution >= 4 is 11.0 Å². The number of rotatable bonds is 2. The summed E-state index contributed by atoms with van der Waals surface area (Å²) in [6, 6.07) is 8.38. The lowest BCUT2D eigenvalue weighted by atomic mass is 9.69. The second kappa shape index (κ2) is 5.99. The van der Waals surface area contributed by atoms with Crippen LogP contribution in [0.5, 0.6) is 0 Å². The lowest BCUT2D eigenvalue weighted by Crippen LogP contribution is -2.34. The number of benzene rings is 1. The van der Waals surface area contributed by atoms with Crippen LogP contribution in [0.25, 0.3) is 11.0 Å². The molecule has 1 aromatic carbocycles. The van der Waals surface area contributed by atoms with Crippen molar-refractivity contribution in [1.29, 1.82) is 0 Å². The van der Waals surface area contributed by atoms with Crippen molar-refractivity contribution in [2.45, 2.75) is 61.9 Å². The highest BCUT2D eigenvalue weighted by atomic mass is 15.1. The molecular formula is C18H30N2. The lowest BCUT2D eigenvalue weighted by molar-refractivity contribution is 0.108. The molecule has 1 aromatic heterocycles. The Labute approximate surface area is 124 Å². The third kappa shape index (κ3) is 3.23. The number of para-hydroxylation sites is 2. The van der Waals surface area contributed by atoms with E-state index in [0.717, 1.165) is 17.9 Å². The van der Waals surface area contributed by atoms with Gasteiger partial charge in [0.15, 0.2) is 0 Å². The largest absolute Gasteiger partial charge is 0.328 e. The first-order valence-electron chi connectivity index (χ1n) is 7.64. The Bertz CT molecular complexity index is 556. The van der Waals surface area contributed by atoms with Crippen LogP contribution in [0.4, 0.5) is 0 Å². The molecule has 0 spiro atoms. The molecule has 0 saturated carbocycles. The summed E-state index contributed by atoms with van der Waals surface area (Å²) in [4.78, 5) is 4.64. The Morgan fingerprint density at radius 2 is 1.55 bits per heavy atom. The highest BCUT2D eigenvalue weighted by Gasteiger charge is 2.33. The van der Waals surface area contributed by atoms with E-state index >= 15 is 0 Å². The van der Waals surface area contributed by atoms with E-state index in [-0.39, 0.29) is 10.8 Å². The van der Waals surface area contributed by atoms with Gasteiger partial charge < -0.3 is 4.57 Å². The standard InChI is InChI=1S/C16H24N2.C2H6/c1-12-17-13-9-7-8-10-14(13)18(12)11-16(5,6)15(2,3)4;1-2/h7-10H,11H2,1-6H3;1-2H3. The van der Waals surface area contributed by atoms with Gasteiger partial charge in [0.2, 0.25) is 0 Å². The van der Waals surface area contributed by atoms with Crippen LogP contribution in [0.3, 0.4) is 0 Å². The molecule has 0 aliphatic carbocycles. The number of imidazole rings is 1. The molecule has 0 aliphatic rings. The summed E-state index contributed by atoms with van der Waals surface area (Å²) in [6.07, 6.45) is 0. The van der Waals surface area contributed by atoms with Gasteiger partial charge in [0, 0.05) is 6.54 Å². The first kappa shape index (κ1) is 16.7. The number of fused-ring (bicyclic) bond motifs is 1. The molecule has 0 amide bonds. The molecule has 0 unspecified atom stereocenters. The van der Waals surface area contributed by atoms with Crippen molar-refractivity contribution in [1.82, 2.24) is 9.55 Å². The van der Waals surface area contributed by atoms with Crippen molar-refractivity contribution in [2.75, 3.05) is 0 Å². The summed E-state index contributed by atoms with van der Waals surface area (Å²) in [6.45, 7) is 18.7. The van der Waals surface area contributed by atoms with Gasteiger partial charge in [-0.15, -0.1) is 0 Å². The van der Waals surface area contributed by atoms with Gasteiger partial charge >= 0.3 is 0 Å². The summed E-state index contributed by atoms with van der Waals surface area (Å²) in [7, 11) is 0. The minimum absolute atomic E-state index is 0.223. The topological polar surface area (TPSA) is 17.8 Å². The maximum atomic E-state index is 4.64. The summed E-state index contributed by atoms with van der Waals surface area (Å²) < 4.78 is 2.35. The van der Waals surface area contributed by atoms with Gasteiger partial charge in [0.25, 0.3) is 0 Å². The number of aromatic nitrogens is 2. The van der Waals surface area contributed by atoms with E-state index in [4.69, 9.17) is 0 Å². The van der Waals surface area contributed by atoms with Crippen LogP contribution in [0.2, 0.25) is 0 Å². The second-order valence-electron chi connectivity index (χ2n) is 6.87. The number of nitrogens with zero attached hydrogens (tertiary/aromatic N) is 2. The Morgan fingerprint density at radius 3 is 2.10 bits per heavy atom. The first-order valence-corrected chi connectivity index (χ1v) is 7.64. The predicted molar refractivity (Wildman–Crippen MR) is 89.1 cm³/mol. The van der Waals surface area contributed by atoms with Gasteiger partial charge in [-0.2, -0.15) is 0 Å². The number of hydrogen-bond acceptors (Lipinski definition) is 1. The molecule has 2 rings (SSSR count). The van der Waals surface area contributed by atoms with Crippen molar-refractivity contribution < 1.29 is 0 Å². The molecule has 0 bridgehead atoms. The summed E-state index contributed by atoms with van der Waals surface area (Å²) in [5, 5.41) is 0. The van der Waals surface area contributed by atoms with E-state index in [0.29, 0.717) is 0 Å². The highest BCUT2D eigenvalue weighted by molar-refractivity contribution is 5.75. The van der Waals surface area contributed by atoms with Crippen molar-refractivity contribution in [3.63, 3.8) is 0 Å². The third-order valence-corrected chi connectivity index (χ3v) is 4.43. The van der Waals surface area contributed by atoms with E-state index in [9.17, 15) is 0 Å². The molecule has 112 valence electrons. The predicted octanol–water partition coefficient (Wildman–Crippen LogP) is 5.44. The molecule has 1 heterocycles. The average Bonchev–Trinajstić information content (AvgIpc) is 2.67. The van der Waals surface area contributed by atoms with Gasteiger partial charge in [-0.3, -0.25) is 0 Å². The quantitative estimate of drug-likeness (QED) is 0.712. The molecule has 20 heavy (non-hydrogen) atoms. The minimum Gasteiger partial charge on any atom is -0.328 e. The summed E-state index contributed by atoms with van der Waals surface area (Å²) in [5.41, 5.74) is 2.83.